The standard InChI is InChI=1S/C14H14BrNO2S/c1-14(2)6-8-4-3-5-9(12(8)18-14)11(17)13-16-10(15)7-19-13/h3-5,7,11,17H,6H2,1-2H3. The van der Waals surface area contributed by atoms with E-state index in [4.69, 9.17) is 4.74 Å². The molecule has 0 aliphatic carbocycles. The predicted molar refractivity (Wildman–Crippen MR) is 78.7 cm³/mol. The Morgan fingerprint density at radius 2 is 2.26 bits per heavy atom. The maximum absolute atomic E-state index is 10.5. The van der Waals surface area contributed by atoms with Crippen molar-refractivity contribution in [2.45, 2.75) is 32.0 Å². The summed E-state index contributed by atoms with van der Waals surface area (Å²) in [6.07, 6.45) is 0.130. The Hall–Kier alpha value is -0.910. The van der Waals surface area contributed by atoms with Gasteiger partial charge in [-0.05, 0) is 35.3 Å². The fourth-order valence-corrected chi connectivity index (χ4v) is 3.65. The van der Waals surface area contributed by atoms with Crippen molar-refractivity contribution in [3.8, 4) is 5.75 Å². The number of para-hydroxylation sites is 1. The minimum absolute atomic E-state index is 0.207. The SMILES string of the molecule is CC1(C)Cc2cccc(C(O)c3nc(Br)cs3)c2O1. The van der Waals surface area contributed by atoms with Gasteiger partial charge < -0.3 is 9.84 Å². The van der Waals surface area contributed by atoms with E-state index in [0.717, 1.165) is 27.9 Å². The minimum atomic E-state index is -0.736. The second kappa shape index (κ2) is 4.58. The van der Waals surface area contributed by atoms with Gasteiger partial charge in [-0.1, -0.05) is 18.2 Å². The molecule has 0 amide bonds. The van der Waals surface area contributed by atoms with E-state index in [2.05, 4.69) is 40.8 Å². The van der Waals surface area contributed by atoms with Crippen molar-refractivity contribution in [2.75, 3.05) is 0 Å². The highest BCUT2D eigenvalue weighted by Crippen LogP contribution is 2.41. The Morgan fingerprint density at radius 1 is 1.47 bits per heavy atom. The minimum Gasteiger partial charge on any atom is -0.487 e. The van der Waals surface area contributed by atoms with E-state index in [-0.39, 0.29) is 5.60 Å². The number of aliphatic hydroxyl groups is 1. The molecule has 100 valence electrons. The van der Waals surface area contributed by atoms with Gasteiger partial charge in [-0.2, -0.15) is 0 Å². The number of benzene rings is 1. The summed E-state index contributed by atoms with van der Waals surface area (Å²) in [7, 11) is 0. The zero-order chi connectivity index (χ0) is 13.6. The molecule has 1 aromatic carbocycles. The van der Waals surface area contributed by atoms with Crippen molar-refractivity contribution in [1.29, 1.82) is 0 Å². The Balaban J connectivity index is 2.01. The van der Waals surface area contributed by atoms with Crippen LogP contribution in [-0.2, 0) is 6.42 Å². The third-order valence-corrected chi connectivity index (χ3v) is 4.75. The molecule has 1 atom stereocenters. The number of ether oxygens (including phenoxy) is 1. The number of hydrogen-bond donors (Lipinski definition) is 1. The Kier molecular flexibility index (Phi) is 3.15. The summed E-state index contributed by atoms with van der Waals surface area (Å²) in [5.74, 6) is 0.811. The van der Waals surface area contributed by atoms with Gasteiger partial charge >= 0.3 is 0 Å². The number of rotatable bonds is 2. The van der Waals surface area contributed by atoms with Crippen molar-refractivity contribution in [3.05, 3.63) is 44.3 Å². The molecule has 1 aliphatic rings. The van der Waals surface area contributed by atoms with E-state index in [9.17, 15) is 5.11 Å². The van der Waals surface area contributed by atoms with Crippen LogP contribution >= 0.6 is 27.3 Å². The molecular weight excluding hydrogens is 326 g/mol. The summed E-state index contributed by atoms with van der Waals surface area (Å²) in [5, 5.41) is 13.0. The molecule has 1 aromatic heterocycles. The lowest BCUT2D eigenvalue weighted by Gasteiger charge is -2.19. The molecule has 0 bridgehead atoms. The van der Waals surface area contributed by atoms with E-state index >= 15 is 0 Å². The van der Waals surface area contributed by atoms with E-state index < -0.39 is 6.10 Å². The van der Waals surface area contributed by atoms with Gasteiger partial charge in [0.15, 0.2) is 0 Å². The van der Waals surface area contributed by atoms with Crippen LogP contribution in [-0.4, -0.2) is 15.7 Å². The molecule has 3 rings (SSSR count). The van der Waals surface area contributed by atoms with Gasteiger partial charge in [0, 0.05) is 17.4 Å². The molecular formula is C14H14BrNO2S. The number of aliphatic hydroxyl groups excluding tert-OH is 1. The van der Waals surface area contributed by atoms with Crippen LogP contribution in [0, 0.1) is 0 Å². The number of hydrogen-bond acceptors (Lipinski definition) is 4. The highest BCUT2D eigenvalue weighted by Gasteiger charge is 2.33. The van der Waals surface area contributed by atoms with E-state index in [1.165, 1.54) is 11.3 Å². The maximum Gasteiger partial charge on any atom is 0.134 e. The van der Waals surface area contributed by atoms with Crippen LogP contribution in [0.25, 0.3) is 0 Å². The number of nitrogens with zero attached hydrogens (tertiary/aromatic N) is 1. The molecule has 3 nitrogen and oxygen atoms in total. The van der Waals surface area contributed by atoms with Gasteiger partial charge in [-0.3, -0.25) is 0 Å². The summed E-state index contributed by atoms with van der Waals surface area (Å²) in [6.45, 7) is 4.12. The Labute approximate surface area is 124 Å². The number of halogens is 1. The summed E-state index contributed by atoms with van der Waals surface area (Å²) >= 11 is 4.74. The monoisotopic (exact) mass is 339 g/mol. The Morgan fingerprint density at radius 3 is 2.95 bits per heavy atom. The number of fused-ring (bicyclic) bond motifs is 1. The molecule has 2 aromatic rings. The summed E-state index contributed by atoms with van der Waals surface area (Å²) in [5.41, 5.74) is 1.74. The average Bonchev–Trinajstić information content (AvgIpc) is 2.89. The van der Waals surface area contributed by atoms with Gasteiger partial charge in [-0.25, -0.2) is 4.98 Å². The molecule has 0 saturated heterocycles. The van der Waals surface area contributed by atoms with E-state index in [0.29, 0.717) is 5.01 Å². The van der Waals surface area contributed by atoms with Gasteiger partial charge in [-0.15, -0.1) is 11.3 Å². The lowest BCUT2D eigenvalue weighted by atomic mass is 9.99. The van der Waals surface area contributed by atoms with Gasteiger partial charge in [0.25, 0.3) is 0 Å². The topological polar surface area (TPSA) is 42.4 Å². The molecule has 2 heterocycles. The molecule has 0 radical (unpaired) electrons. The average molecular weight is 340 g/mol. The van der Waals surface area contributed by atoms with Crippen LogP contribution in [0.5, 0.6) is 5.75 Å². The van der Waals surface area contributed by atoms with Crippen LogP contribution in [0.4, 0.5) is 0 Å². The quantitative estimate of drug-likeness (QED) is 0.906. The second-order valence-corrected chi connectivity index (χ2v) is 6.99. The number of aromatic nitrogens is 1. The molecule has 0 spiro atoms. The van der Waals surface area contributed by atoms with Crippen molar-refractivity contribution < 1.29 is 9.84 Å². The first-order chi connectivity index (χ1) is 8.96. The van der Waals surface area contributed by atoms with Crippen molar-refractivity contribution in [2.24, 2.45) is 0 Å². The second-order valence-electron chi connectivity index (χ2n) is 5.29. The predicted octanol–water partition coefficient (Wildman–Crippen LogP) is 3.70. The largest absolute Gasteiger partial charge is 0.487 e. The van der Waals surface area contributed by atoms with Crippen molar-refractivity contribution >= 4 is 27.3 Å². The lowest BCUT2D eigenvalue weighted by Crippen LogP contribution is -2.25. The highest BCUT2D eigenvalue weighted by molar-refractivity contribution is 9.10. The molecule has 1 unspecified atom stereocenters. The first-order valence-corrected chi connectivity index (χ1v) is 7.73. The third-order valence-electron chi connectivity index (χ3n) is 3.14. The van der Waals surface area contributed by atoms with Gasteiger partial charge in [0.2, 0.25) is 0 Å². The molecule has 19 heavy (non-hydrogen) atoms. The third kappa shape index (κ3) is 2.42. The van der Waals surface area contributed by atoms with E-state index in [1.807, 2.05) is 17.5 Å². The van der Waals surface area contributed by atoms with Crippen LogP contribution in [0.1, 0.15) is 36.1 Å². The van der Waals surface area contributed by atoms with Crippen LogP contribution in [0.3, 0.4) is 0 Å². The Bertz CT molecular complexity index is 624. The molecule has 1 N–H and O–H groups in total. The van der Waals surface area contributed by atoms with E-state index in [1.54, 1.807) is 0 Å². The van der Waals surface area contributed by atoms with Crippen molar-refractivity contribution in [1.82, 2.24) is 4.98 Å². The fraction of sp³-hybridized carbons (Fsp3) is 0.357. The first kappa shape index (κ1) is 13.1. The van der Waals surface area contributed by atoms with Gasteiger partial charge in [0.05, 0.1) is 0 Å². The first-order valence-electron chi connectivity index (χ1n) is 6.06. The maximum atomic E-state index is 10.5. The zero-order valence-electron chi connectivity index (χ0n) is 10.7. The lowest BCUT2D eigenvalue weighted by molar-refractivity contribution is 0.131. The smallest absolute Gasteiger partial charge is 0.134 e. The molecule has 5 heteroatoms. The fourth-order valence-electron chi connectivity index (χ4n) is 2.38. The molecule has 1 aliphatic heterocycles. The highest BCUT2D eigenvalue weighted by atomic mass is 79.9. The number of thiazole rings is 1. The van der Waals surface area contributed by atoms with Crippen molar-refractivity contribution in [3.63, 3.8) is 0 Å². The zero-order valence-corrected chi connectivity index (χ0v) is 13.1. The van der Waals surface area contributed by atoms with Crippen LogP contribution in [0.15, 0.2) is 28.2 Å². The summed E-state index contributed by atoms with van der Waals surface area (Å²) in [6, 6.07) is 5.92. The van der Waals surface area contributed by atoms with Gasteiger partial charge in [0.1, 0.15) is 27.1 Å². The molecule has 0 saturated carbocycles. The molecule has 0 fully saturated rings. The summed E-state index contributed by atoms with van der Waals surface area (Å²) in [4.78, 5) is 4.28. The summed E-state index contributed by atoms with van der Waals surface area (Å²) < 4.78 is 6.73. The van der Waals surface area contributed by atoms with Crippen LogP contribution in [0.2, 0.25) is 0 Å². The normalized spacial score (nSPS) is 17.9. The van der Waals surface area contributed by atoms with Crippen LogP contribution < -0.4 is 4.74 Å².